The van der Waals surface area contributed by atoms with Crippen molar-refractivity contribution in [2.75, 3.05) is 13.1 Å². The van der Waals surface area contributed by atoms with Crippen LogP contribution >= 0.6 is 11.6 Å². The lowest BCUT2D eigenvalue weighted by molar-refractivity contribution is 0.0236. The summed E-state index contributed by atoms with van der Waals surface area (Å²) in [5.74, 6) is 0. The van der Waals surface area contributed by atoms with Crippen molar-refractivity contribution in [3.8, 4) is 0 Å². The van der Waals surface area contributed by atoms with E-state index in [4.69, 9.17) is 27.1 Å². The lowest BCUT2D eigenvalue weighted by Gasteiger charge is -2.32. The smallest absolute Gasteiger partial charge is 0.410 e. The fraction of sp³-hybridized carbons (Fsp3) is 0.345. The van der Waals surface area contributed by atoms with Gasteiger partial charge in [-0.15, -0.1) is 0 Å². The van der Waals surface area contributed by atoms with Gasteiger partial charge < -0.3 is 19.9 Å². The number of aryl methyl sites for hydroxylation is 1. The summed E-state index contributed by atoms with van der Waals surface area (Å²) in [6.45, 7) is 6.85. The maximum Gasteiger partial charge on any atom is 0.410 e. The number of fused-ring (bicyclic) bond motifs is 2. The number of hydrogen-bond acceptors (Lipinski definition) is 5. The van der Waals surface area contributed by atoms with E-state index < -0.39 is 11.6 Å². The van der Waals surface area contributed by atoms with Crippen LogP contribution in [0.2, 0.25) is 5.02 Å². The number of aromatic nitrogens is 3. The summed E-state index contributed by atoms with van der Waals surface area (Å²) in [4.78, 5) is 23.6. The number of piperidine rings is 1. The van der Waals surface area contributed by atoms with Crippen molar-refractivity contribution < 1.29 is 9.53 Å². The Morgan fingerprint density at radius 1 is 1.16 bits per heavy atom. The molecule has 1 aliphatic carbocycles. The zero-order valence-electron chi connectivity index (χ0n) is 21.7. The minimum atomic E-state index is -0.521. The van der Waals surface area contributed by atoms with E-state index in [0.29, 0.717) is 18.1 Å². The molecule has 3 heterocycles. The molecular weight excluding hydrogens is 486 g/mol. The van der Waals surface area contributed by atoms with Gasteiger partial charge in [0.25, 0.3) is 0 Å². The molecule has 2 aliphatic rings. The van der Waals surface area contributed by atoms with E-state index in [0.717, 1.165) is 52.1 Å². The van der Waals surface area contributed by atoms with Crippen LogP contribution in [0, 0.1) is 0 Å². The fourth-order valence-electron chi connectivity index (χ4n) is 5.07. The number of amides is 1. The van der Waals surface area contributed by atoms with Gasteiger partial charge in [-0.25, -0.2) is 9.78 Å². The predicted octanol–water partition coefficient (Wildman–Crippen LogP) is 5.86. The second-order valence-electron chi connectivity index (χ2n) is 10.6. The molecule has 1 atom stereocenters. The van der Waals surface area contributed by atoms with Crippen molar-refractivity contribution >= 4 is 34.9 Å². The monoisotopic (exact) mass is 517 g/mol. The zero-order valence-corrected chi connectivity index (χ0v) is 22.4. The molecule has 0 spiro atoms. The Bertz CT molecular complexity index is 1410. The molecule has 1 fully saturated rings. The summed E-state index contributed by atoms with van der Waals surface area (Å²) in [5.41, 5.74) is 14.5. The number of hydrogen-bond donors (Lipinski definition) is 1. The maximum atomic E-state index is 12.7. The number of carbonyl (C=O) groups excluding carboxylic acids is 1. The van der Waals surface area contributed by atoms with Crippen molar-refractivity contribution in [1.82, 2.24) is 19.4 Å². The van der Waals surface area contributed by atoms with E-state index in [1.807, 2.05) is 56.8 Å². The van der Waals surface area contributed by atoms with Gasteiger partial charge in [0.1, 0.15) is 5.60 Å². The lowest BCUT2D eigenvalue weighted by atomic mass is 9.86. The number of nitrogens with two attached hydrogens (primary N) is 1. The number of ether oxygens (including phenoxy) is 1. The third-order valence-electron chi connectivity index (χ3n) is 6.83. The zero-order chi connectivity index (χ0) is 26.3. The van der Waals surface area contributed by atoms with Crippen LogP contribution in [-0.2, 0) is 11.8 Å². The molecule has 0 radical (unpaired) electrons. The molecule has 1 amide bonds. The molecule has 7 nitrogen and oxygen atoms in total. The van der Waals surface area contributed by atoms with Crippen molar-refractivity contribution in [1.29, 1.82) is 0 Å². The quantitative estimate of drug-likeness (QED) is 0.460. The van der Waals surface area contributed by atoms with Crippen LogP contribution < -0.4 is 5.73 Å². The van der Waals surface area contributed by atoms with E-state index in [-0.39, 0.29) is 6.09 Å². The summed E-state index contributed by atoms with van der Waals surface area (Å²) in [7, 11) is 1.94. The molecule has 5 rings (SSSR count). The van der Waals surface area contributed by atoms with Gasteiger partial charge >= 0.3 is 6.09 Å². The number of nitrogens with zero attached hydrogens (tertiary/aromatic N) is 4. The number of halogens is 1. The maximum absolute atomic E-state index is 12.7. The van der Waals surface area contributed by atoms with Crippen molar-refractivity contribution in [2.45, 2.75) is 45.3 Å². The van der Waals surface area contributed by atoms with Crippen LogP contribution in [0.25, 0.3) is 17.2 Å². The highest BCUT2D eigenvalue weighted by atomic mass is 35.5. The van der Waals surface area contributed by atoms with E-state index in [1.54, 1.807) is 17.4 Å². The molecular formula is C29H32ClN5O2. The first-order valence-electron chi connectivity index (χ1n) is 12.5. The van der Waals surface area contributed by atoms with Crippen molar-refractivity contribution in [3.63, 3.8) is 0 Å². The third-order valence-corrected chi connectivity index (χ3v) is 7.06. The summed E-state index contributed by atoms with van der Waals surface area (Å²) >= 11 is 6.53. The molecule has 1 aliphatic heterocycles. The second kappa shape index (κ2) is 9.80. The SMILES string of the molecule is Cn1cncc1C(N)C1=Cc2cccnc2C(=C2CCN(C(=O)OC(C)(C)C)CC2)c2ccc(Cl)cc21. The summed E-state index contributed by atoms with van der Waals surface area (Å²) < 4.78 is 7.54. The predicted molar refractivity (Wildman–Crippen MR) is 147 cm³/mol. The van der Waals surface area contributed by atoms with Crippen LogP contribution in [0.4, 0.5) is 4.79 Å². The highest BCUT2D eigenvalue weighted by molar-refractivity contribution is 6.31. The van der Waals surface area contributed by atoms with E-state index in [2.05, 4.69) is 23.2 Å². The number of rotatable bonds is 2. The third kappa shape index (κ3) is 5.06. The Morgan fingerprint density at radius 2 is 1.92 bits per heavy atom. The molecule has 1 aromatic carbocycles. The highest BCUT2D eigenvalue weighted by Gasteiger charge is 2.30. The second-order valence-corrected chi connectivity index (χ2v) is 11.0. The van der Waals surface area contributed by atoms with Gasteiger partial charge in [0.2, 0.25) is 0 Å². The van der Waals surface area contributed by atoms with Crippen LogP contribution in [0.3, 0.4) is 0 Å². The average Bonchev–Trinajstić information content (AvgIpc) is 3.23. The number of imidazole rings is 1. The molecule has 1 unspecified atom stereocenters. The van der Waals surface area contributed by atoms with Crippen LogP contribution in [0.15, 0.2) is 54.6 Å². The molecule has 0 bridgehead atoms. The number of benzene rings is 1. The van der Waals surface area contributed by atoms with Gasteiger partial charge in [-0.05, 0) is 74.6 Å². The molecule has 3 aromatic rings. The van der Waals surface area contributed by atoms with E-state index in [9.17, 15) is 4.79 Å². The van der Waals surface area contributed by atoms with Gasteiger partial charge in [0.05, 0.1) is 30.0 Å². The minimum absolute atomic E-state index is 0.269. The number of likely N-dealkylation sites (tertiary alicyclic amines) is 1. The molecule has 0 saturated carbocycles. The van der Waals surface area contributed by atoms with Crippen LogP contribution in [0.5, 0.6) is 0 Å². The molecule has 1 saturated heterocycles. The highest BCUT2D eigenvalue weighted by Crippen LogP contribution is 2.44. The van der Waals surface area contributed by atoms with Gasteiger partial charge in [-0.3, -0.25) is 4.98 Å². The normalized spacial score (nSPS) is 16.5. The Labute approximate surface area is 222 Å². The van der Waals surface area contributed by atoms with E-state index in [1.165, 1.54) is 5.57 Å². The minimum Gasteiger partial charge on any atom is -0.444 e. The fourth-order valence-corrected chi connectivity index (χ4v) is 5.24. The summed E-state index contributed by atoms with van der Waals surface area (Å²) in [5, 5.41) is 0.643. The summed E-state index contributed by atoms with van der Waals surface area (Å²) in [6, 6.07) is 9.57. The van der Waals surface area contributed by atoms with Gasteiger partial charge in [0, 0.05) is 42.5 Å². The largest absolute Gasteiger partial charge is 0.444 e. The Hall–Kier alpha value is -3.42. The lowest BCUT2D eigenvalue weighted by Crippen LogP contribution is -2.40. The first kappa shape index (κ1) is 25.2. The van der Waals surface area contributed by atoms with Crippen LogP contribution in [0.1, 0.15) is 67.7 Å². The first-order chi connectivity index (χ1) is 17.6. The molecule has 2 N–H and O–H groups in total. The number of carbonyl (C=O) groups is 1. The van der Waals surface area contributed by atoms with Crippen molar-refractivity contribution in [2.24, 2.45) is 12.8 Å². The van der Waals surface area contributed by atoms with Gasteiger partial charge in [-0.1, -0.05) is 29.3 Å². The molecule has 192 valence electrons. The Balaban J connectivity index is 1.61. The summed E-state index contributed by atoms with van der Waals surface area (Å²) in [6.07, 6.45) is 8.70. The van der Waals surface area contributed by atoms with Crippen molar-refractivity contribution in [3.05, 3.63) is 87.7 Å². The molecule has 2 aromatic heterocycles. The first-order valence-corrected chi connectivity index (χ1v) is 12.9. The van der Waals surface area contributed by atoms with Gasteiger partial charge in [0.15, 0.2) is 0 Å². The van der Waals surface area contributed by atoms with Crippen LogP contribution in [-0.4, -0.2) is 44.2 Å². The van der Waals surface area contributed by atoms with E-state index >= 15 is 0 Å². The molecule has 8 heteroatoms. The Kier molecular flexibility index (Phi) is 6.68. The van der Waals surface area contributed by atoms with Gasteiger partial charge in [-0.2, -0.15) is 0 Å². The average molecular weight is 518 g/mol. The molecule has 37 heavy (non-hydrogen) atoms. The Morgan fingerprint density at radius 3 is 2.59 bits per heavy atom. The number of pyridine rings is 1. The standard InChI is InChI=1S/C29H32ClN5O2/c1-29(2,3)37-28(36)35-12-9-18(10-13-35)25-21-8-7-20(30)15-22(21)23(14-19-6-5-11-33-27(19)25)26(31)24-16-32-17-34(24)4/h5-8,11,14-17,26H,9-10,12-13,31H2,1-4H3. The topological polar surface area (TPSA) is 86.3 Å².